The maximum atomic E-state index is 8.30. The monoisotopic (exact) mass is 110 g/mol. The van der Waals surface area contributed by atoms with Crippen molar-refractivity contribution < 1.29 is 5.11 Å². The van der Waals surface area contributed by atoms with Crippen molar-refractivity contribution in [1.29, 1.82) is 0 Å². The Hall–Kier alpha value is -0.740. The lowest BCUT2D eigenvalue weighted by Crippen LogP contribution is -1.82. The average Bonchev–Trinajstić information content (AvgIpc) is 1.83. The molecule has 1 heteroatoms. The van der Waals surface area contributed by atoms with Crippen molar-refractivity contribution >= 4 is 0 Å². The molecule has 0 heterocycles. The minimum Gasteiger partial charge on any atom is -0.396 e. The molecule has 0 atom stereocenters. The fourth-order valence-electron chi connectivity index (χ4n) is 0.365. The van der Waals surface area contributed by atoms with Crippen LogP contribution in [0.1, 0.15) is 12.8 Å². The smallest absolute Gasteiger partial charge is 0.0434 e. The molecule has 0 spiro atoms. The second kappa shape index (κ2) is 4.42. The molecule has 1 N–H and O–H groups in total. The zero-order valence-corrected chi connectivity index (χ0v) is 4.85. The highest BCUT2D eigenvalue weighted by Gasteiger charge is 1.85. The van der Waals surface area contributed by atoms with Crippen LogP contribution in [0, 0.1) is 12.3 Å². The topological polar surface area (TPSA) is 20.2 Å². The Kier molecular flexibility index (Phi) is 4.01. The summed E-state index contributed by atoms with van der Waals surface area (Å²) < 4.78 is 0. The number of terminal acetylenes is 1. The van der Waals surface area contributed by atoms with Gasteiger partial charge in [0.1, 0.15) is 0 Å². The summed E-state index contributed by atoms with van der Waals surface area (Å²) in [4.78, 5) is 0. The van der Waals surface area contributed by atoms with E-state index in [-0.39, 0.29) is 6.61 Å². The number of rotatable bonds is 3. The predicted octanol–water partition coefficient (Wildman–Crippen LogP) is 0.948. The van der Waals surface area contributed by atoms with E-state index in [0.717, 1.165) is 18.4 Å². The quantitative estimate of drug-likeness (QED) is 0.536. The van der Waals surface area contributed by atoms with Gasteiger partial charge in [0, 0.05) is 6.61 Å². The van der Waals surface area contributed by atoms with E-state index in [2.05, 4.69) is 12.5 Å². The molecular formula is C7H10O. The summed E-state index contributed by atoms with van der Waals surface area (Å²) in [7, 11) is 0. The molecule has 0 rings (SSSR count). The molecule has 0 aromatic carbocycles. The van der Waals surface area contributed by atoms with Gasteiger partial charge in [-0.05, 0) is 18.4 Å². The first kappa shape index (κ1) is 7.26. The van der Waals surface area contributed by atoms with Crippen LogP contribution in [0.3, 0.4) is 0 Å². The van der Waals surface area contributed by atoms with E-state index in [9.17, 15) is 0 Å². The lowest BCUT2D eigenvalue weighted by Gasteiger charge is -1.91. The second-order valence-corrected chi connectivity index (χ2v) is 1.58. The zero-order valence-electron chi connectivity index (χ0n) is 4.85. The number of aliphatic hydroxyl groups is 1. The van der Waals surface area contributed by atoms with Gasteiger partial charge in [0.05, 0.1) is 0 Å². The van der Waals surface area contributed by atoms with Crippen LogP contribution < -0.4 is 0 Å². The summed E-state index contributed by atoms with van der Waals surface area (Å²) in [6.07, 6.45) is 6.45. The Balaban J connectivity index is 3.16. The van der Waals surface area contributed by atoms with Gasteiger partial charge in [-0.25, -0.2) is 0 Å². The van der Waals surface area contributed by atoms with Gasteiger partial charge in [-0.2, -0.15) is 0 Å². The Morgan fingerprint density at radius 1 is 1.75 bits per heavy atom. The Bertz CT molecular complexity index is 108. The van der Waals surface area contributed by atoms with Crippen LogP contribution in [0.2, 0.25) is 0 Å². The molecule has 0 aliphatic rings. The summed E-state index contributed by atoms with van der Waals surface area (Å²) in [5, 5.41) is 8.30. The van der Waals surface area contributed by atoms with Crippen LogP contribution >= 0.6 is 0 Å². The van der Waals surface area contributed by atoms with Crippen LogP contribution in [0.5, 0.6) is 0 Å². The molecule has 0 aliphatic heterocycles. The van der Waals surface area contributed by atoms with Crippen molar-refractivity contribution in [2.45, 2.75) is 12.8 Å². The number of hydrogen-bond acceptors (Lipinski definition) is 1. The van der Waals surface area contributed by atoms with Crippen molar-refractivity contribution in [3.63, 3.8) is 0 Å². The van der Waals surface area contributed by atoms with Crippen LogP contribution in [-0.4, -0.2) is 11.7 Å². The fourth-order valence-corrected chi connectivity index (χ4v) is 0.365. The molecular weight excluding hydrogens is 100 g/mol. The van der Waals surface area contributed by atoms with Gasteiger partial charge in [-0.3, -0.25) is 0 Å². The molecule has 0 radical (unpaired) electrons. The molecule has 0 fully saturated rings. The molecule has 0 aromatic rings. The summed E-state index contributed by atoms with van der Waals surface area (Å²) in [6.45, 7) is 3.76. The van der Waals surface area contributed by atoms with Gasteiger partial charge in [0.15, 0.2) is 0 Å². The van der Waals surface area contributed by atoms with Crippen molar-refractivity contribution in [3.8, 4) is 12.3 Å². The van der Waals surface area contributed by atoms with E-state index in [1.165, 1.54) is 0 Å². The lowest BCUT2D eigenvalue weighted by atomic mass is 10.2. The molecule has 0 unspecified atom stereocenters. The Labute approximate surface area is 50.0 Å². The highest BCUT2D eigenvalue weighted by atomic mass is 16.2. The second-order valence-electron chi connectivity index (χ2n) is 1.58. The summed E-state index contributed by atoms with van der Waals surface area (Å²) in [5.41, 5.74) is 0.763. The summed E-state index contributed by atoms with van der Waals surface area (Å²) >= 11 is 0. The van der Waals surface area contributed by atoms with E-state index in [1.807, 2.05) is 0 Å². The molecule has 8 heavy (non-hydrogen) atoms. The van der Waals surface area contributed by atoms with Crippen molar-refractivity contribution in [2.24, 2.45) is 0 Å². The third-order valence-corrected chi connectivity index (χ3v) is 0.841. The first-order valence-corrected chi connectivity index (χ1v) is 2.56. The molecule has 44 valence electrons. The van der Waals surface area contributed by atoms with Crippen LogP contribution in [0.15, 0.2) is 12.2 Å². The maximum absolute atomic E-state index is 8.30. The molecule has 0 bridgehead atoms. The van der Waals surface area contributed by atoms with Crippen LogP contribution in [0.25, 0.3) is 0 Å². The van der Waals surface area contributed by atoms with Gasteiger partial charge < -0.3 is 5.11 Å². The minimum absolute atomic E-state index is 0.195. The minimum atomic E-state index is 0.195. The normalized spacial score (nSPS) is 8.00. The van der Waals surface area contributed by atoms with Crippen LogP contribution in [0.4, 0.5) is 0 Å². The third-order valence-electron chi connectivity index (χ3n) is 0.841. The first-order valence-electron chi connectivity index (χ1n) is 2.56. The molecule has 1 nitrogen and oxygen atoms in total. The predicted molar refractivity (Wildman–Crippen MR) is 34.3 cm³/mol. The molecule has 0 amide bonds. The fraction of sp³-hybridized carbons (Fsp3) is 0.429. The molecule has 0 saturated carbocycles. The van der Waals surface area contributed by atoms with Crippen LogP contribution in [-0.2, 0) is 0 Å². The van der Waals surface area contributed by atoms with E-state index in [1.54, 1.807) is 0 Å². The summed E-state index contributed by atoms with van der Waals surface area (Å²) in [5.74, 6) is 2.39. The van der Waals surface area contributed by atoms with Gasteiger partial charge in [-0.15, -0.1) is 6.42 Å². The van der Waals surface area contributed by atoms with E-state index < -0.39 is 0 Å². The number of aliphatic hydroxyl groups excluding tert-OH is 1. The highest BCUT2D eigenvalue weighted by Crippen LogP contribution is 1.97. The third kappa shape index (κ3) is 3.45. The Morgan fingerprint density at radius 3 is 2.75 bits per heavy atom. The maximum Gasteiger partial charge on any atom is 0.0434 e. The van der Waals surface area contributed by atoms with E-state index >= 15 is 0 Å². The number of allylic oxidation sites excluding steroid dienone is 1. The SMILES string of the molecule is C#CC(=C)CCCO. The van der Waals surface area contributed by atoms with Crippen molar-refractivity contribution in [3.05, 3.63) is 12.2 Å². The molecule has 0 aliphatic carbocycles. The Morgan fingerprint density at radius 2 is 2.38 bits per heavy atom. The van der Waals surface area contributed by atoms with Gasteiger partial charge in [0.2, 0.25) is 0 Å². The van der Waals surface area contributed by atoms with E-state index in [0.29, 0.717) is 0 Å². The van der Waals surface area contributed by atoms with Gasteiger partial charge >= 0.3 is 0 Å². The van der Waals surface area contributed by atoms with Crippen molar-refractivity contribution in [1.82, 2.24) is 0 Å². The number of hydrogen-bond donors (Lipinski definition) is 1. The largest absolute Gasteiger partial charge is 0.396 e. The standard InChI is InChI=1S/C7H10O/c1-3-7(2)5-4-6-8/h1,8H,2,4-6H2. The molecule has 0 aromatic heterocycles. The van der Waals surface area contributed by atoms with Gasteiger partial charge in [-0.1, -0.05) is 12.5 Å². The average molecular weight is 110 g/mol. The molecule has 0 saturated heterocycles. The first-order chi connectivity index (χ1) is 3.81. The van der Waals surface area contributed by atoms with Gasteiger partial charge in [0.25, 0.3) is 0 Å². The lowest BCUT2D eigenvalue weighted by molar-refractivity contribution is 0.289. The van der Waals surface area contributed by atoms with E-state index in [4.69, 9.17) is 11.5 Å². The van der Waals surface area contributed by atoms with Crippen molar-refractivity contribution in [2.75, 3.05) is 6.61 Å². The summed E-state index contributed by atoms with van der Waals surface area (Å²) in [6, 6.07) is 0. The highest BCUT2D eigenvalue weighted by molar-refractivity contribution is 5.20. The zero-order chi connectivity index (χ0) is 6.41.